The number of aromatic nitrogens is 3. The number of rotatable bonds is 4. The molecule has 1 fully saturated rings. The number of piperidine rings is 1. The quantitative estimate of drug-likeness (QED) is 0.737. The lowest BCUT2D eigenvalue weighted by Gasteiger charge is -2.28. The fourth-order valence-corrected chi connectivity index (χ4v) is 3.29. The first kappa shape index (κ1) is 17.5. The summed E-state index contributed by atoms with van der Waals surface area (Å²) in [5.74, 6) is 0.286. The van der Waals surface area contributed by atoms with Crippen molar-refractivity contribution < 1.29 is 4.79 Å². The Labute approximate surface area is 162 Å². The molecule has 0 atom stereocenters. The number of halogens is 1. The van der Waals surface area contributed by atoms with Gasteiger partial charge in [-0.15, -0.1) is 0 Å². The third-order valence-corrected chi connectivity index (χ3v) is 4.90. The van der Waals surface area contributed by atoms with Gasteiger partial charge in [0.25, 0.3) is 5.91 Å². The molecule has 0 aliphatic carbocycles. The van der Waals surface area contributed by atoms with E-state index in [-0.39, 0.29) is 5.91 Å². The number of pyridine rings is 1. The summed E-state index contributed by atoms with van der Waals surface area (Å²) in [6.07, 6.45) is 8.76. The maximum absolute atomic E-state index is 12.5. The first-order valence-electron chi connectivity index (χ1n) is 9.02. The predicted molar refractivity (Wildman–Crippen MR) is 107 cm³/mol. The average molecular weight is 382 g/mol. The second kappa shape index (κ2) is 7.80. The molecule has 1 N–H and O–H groups in total. The molecule has 2 aromatic heterocycles. The van der Waals surface area contributed by atoms with Crippen LogP contribution in [0.5, 0.6) is 0 Å². The Kier molecular flexibility index (Phi) is 5.07. The fraction of sp³-hybridized carbons (Fsp3) is 0.250. The lowest BCUT2D eigenvalue weighted by Crippen LogP contribution is -2.29. The summed E-state index contributed by atoms with van der Waals surface area (Å²) in [7, 11) is 0. The van der Waals surface area contributed by atoms with Gasteiger partial charge in [-0.25, -0.2) is 9.67 Å². The molecular weight excluding hydrogens is 362 g/mol. The highest BCUT2D eigenvalue weighted by molar-refractivity contribution is 6.30. The molecule has 7 heteroatoms. The lowest BCUT2D eigenvalue weighted by molar-refractivity contribution is 0.102. The third kappa shape index (κ3) is 4.11. The van der Waals surface area contributed by atoms with Gasteiger partial charge in [0.2, 0.25) is 0 Å². The molecule has 1 aliphatic heterocycles. The van der Waals surface area contributed by atoms with Crippen molar-refractivity contribution in [2.75, 3.05) is 23.3 Å². The summed E-state index contributed by atoms with van der Waals surface area (Å²) in [5.41, 5.74) is 2.40. The van der Waals surface area contributed by atoms with E-state index < -0.39 is 0 Å². The molecule has 0 bridgehead atoms. The molecule has 3 aromatic rings. The van der Waals surface area contributed by atoms with Gasteiger partial charge in [0, 0.05) is 24.3 Å². The summed E-state index contributed by atoms with van der Waals surface area (Å²) in [5, 5.41) is 7.71. The van der Waals surface area contributed by atoms with Crippen molar-refractivity contribution in [3.63, 3.8) is 0 Å². The maximum Gasteiger partial charge on any atom is 0.260 e. The van der Waals surface area contributed by atoms with Gasteiger partial charge in [0.15, 0.2) is 0 Å². The number of nitrogens with zero attached hydrogens (tertiary/aromatic N) is 4. The van der Waals surface area contributed by atoms with Crippen LogP contribution in [0, 0.1) is 0 Å². The highest BCUT2D eigenvalue weighted by atomic mass is 35.5. The summed E-state index contributed by atoms with van der Waals surface area (Å²) in [4.78, 5) is 19.2. The van der Waals surface area contributed by atoms with Crippen LogP contribution in [0.3, 0.4) is 0 Å². The molecule has 6 nitrogen and oxygen atoms in total. The second-order valence-electron chi connectivity index (χ2n) is 6.55. The maximum atomic E-state index is 12.5. The summed E-state index contributed by atoms with van der Waals surface area (Å²) in [6.45, 7) is 2.13. The molecule has 0 radical (unpaired) electrons. The number of carbonyl (C=O) groups excluding carboxylic acids is 1. The zero-order valence-electron chi connectivity index (χ0n) is 14.8. The molecule has 3 heterocycles. The zero-order chi connectivity index (χ0) is 18.6. The van der Waals surface area contributed by atoms with Gasteiger partial charge < -0.3 is 10.2 Å². The molecular formula is C20H20ClN5O. The van der Waals surface area contributed by atoms with Gasteiger partial charge >= 0.3 is 0 Å². The number of carbonyl (C=O) groups is 1. The number of hydrogen-bond donors (Lipinski definition) is 1. The molecule has 0 spiro atoms. The molecule has 1 aliphatic rings. The van der Waals surface area contributed by atoms with Crippen molar-refractivity contribution in [2.24, 2.45) is 0 Å². The SMILES string of the molecule is O=C(Nc1ccc(N2CCCCC2)cn1)c1cnn(-c2ccc(Cl)cc2)c1. The van der Waals surface area contributed by atoms with E-state index in [1.54, 1.807) is 23.0 Å². The van der Waals surface area contributed by atoms with Crippen LogP contribution >= 0.6 is 11.6 Å². The Hall–Kier alpha value is -2.86. The Morgan fingerprint density at radius 3 is 2.41 bits per heavy atom. The molecule has 0 saturated carbocycles. The van der Waals surface area contributed by atoms with Crippen molar-refractivity contribution in [1.29, 1.82) is 0 Å². The largest absolute Gasteiger partial charge is 0.370 e. The van der Waals surface area contributed by atoms with Crippen LogP contribution in [-0.2, 0) is 0 Å². The summed E-state index contributed by atoms with van der Waals surface area (Å²) in [6, 6.07) is 11.1. The van der Waals surface area contributed by atoms with Gasteiger partial charge in [0.1, 0.15) is 5.82 Å². The first-order valence-corrected chi connectivity index (χ1v) is 9.40. The Morgan fingerprint density at radius 1 is 0.963 bits per heavy atom. The van der Waals surface area contributed by atoms with E-state index in [0.29, 0.717) is 16.4 Å². The molecule has 138 valence electrons. The topological polar surface area (TPSA) is 63.1 Å². The van der Waals surface area contributed by atoms with Crippen LogP contribution in [0.15, 0.2) is 55.0 Å². The van der Waals surface area contributed by atoms with E-state index in [2.05, 4.69) is 20.3 Å². The third-order valence-electron chi connectivity index (χ3n) is 4.65. The average Bonchev–Trinajstić information content (AvgIpc) is 3.20. The summed E-state index contributed by atoms with van der Waals surface area (Å²) >= 11 is 5.90. The fourth-order valence-electron chi connectivity index (χ4n) is 3.16. The van der Waals surface area contributed by atoms with E-state index in [1.165, 1.54) is 25.5 Å². The Balaban J connectivity index is 1.42. The van der Waals surface area contributed by atoms with E-state index in [0.717, 1.165) is 24.5 Å². The van der Waals surface area contributed by atoms with Gasteiger partial charge in [-0.05, 0) is 55.7 Å². The molecule has 1 saturated heterocycles. The molecule has 0 unspecified atom stereocenters. The smallest absolute Gasteiger partial charge is 0.260 e. The number of benzene rings is 1. The highest BCUT2D eigenvalue weighted by Crippen LogP contribution is 2.20. The van der Waals surface area contributed by atoms with Gasteiger partial charge in [0.05, 0.1) is 29.3 Å². The zero-order valence-corrected chi connectivity index (χ0v) is 15.6. The van der Waals surface area contributed by atoms with Gasteiger partial charge in [-0.3, -0.25) is 4.79 Å². The number of nitrogens with one attached hydrogen (secondary N) is 1. The van der Waals surface area contributed by atoms with E-state index in [1.807, 2.05) is 30.5 Å². The molecule has 1 aromatic carbocycles. The van der Waals surface area contributed by atoms with Crippen molar-refractivity contribution in [2.45, 2.75) is 19.3 Å². The Morgan fingerprint density at radius 2 is 1.70 bits per heavy atom. The highest BCUT2D eigenvalue weighted by Gasteiger charge is 2.13. The van der Waals surface area contributed by atoms with Crippen LogP contribution in [0.2, 0.25) is 5.02 Å². The number of anilines is 2. The van der Waals surface area contributed by atoms with E-state index in [4.69, 9.17) is 11.6 Å². The van der Waals surface area contributed by atoms with Crippen LogP contribution in [0.25, 0.3) is 5.69 Å². The van der Waals surface area contributed by atoms with Crippen LogP contribution in [0.4, 0.5) is 11.5 Å². The standard InChI is InChI=1S/C20H20ClN5O/c21-16-4-6-17(7-5-16)26-14-15(12-23-26)20(27)24-19-9-8-18(13-22-19)25-10-2-1-3-11-25/h4-9,12-14H,1-3,10-11H2,(H,22,24,27). The monoisotopic (exact) mass is 381 g/mol. The normalized spacial score (nSPS) is 14.2. The second-order valence-corrected chi connectivity index (χ2v) is 6.99. The number of hydrogen-bond acceptors (Lipinski definition) is 4. The van der Waals surface area contributed by atoms with Crippen molar-refractivity contribution in [3.8, 4) is 5.69 Å². The van der Waals surface area contributed by atoms with Crippen LogP contribution < -0.4 is 10.2 Å². The minimum Gasteiger partial charge on any atom is -0.370 e. The lowest BCUT2D eigenvalue weighted by atomic mass is 10.1. The minimum absolute atomic E-state index is 0.242. The van der Waals surface area contributed by atoms with Crippen molar-refractivity contribution >= 4 is 29.0 Å². The molecule has 27 heavy (non-hydrogen) atoms. The van der Waals surface area contributed by atoms with E-state index >= 15 is 0 Å². The van der Waals surface area contributed by atoms with Crippen molar-refractivity contribution in [1.82, 2.24) is 14.8 Å². The van der Waals surface area contributed by atoms with Gasteiger partial charge in [-0.1, -0.05) is 11.6 Å². The molecule has 1 amide bonds. The first-order chi connectivity index (χ1) is 13.2. The van der Waals surface area contributed by atoms with Crippen molar-refractivity contribution in [3.05, 3.63) is 65.6 Å². The molecule has 4 rings (SSSR count). The predicted octanol–water partition coefficient (Wildman–Crippen LogP) is 4.16. The number of amides is 1. The van der Waals surface area contributed by atoms with E-state index in [9.17, 15) is 4.79 Å². The van der Waals surface area contributed by atoms with Crippen LogP contribution in [-0.4, -0.2) is 33.8 Å². The van der Waals surface area contributed by atoms with Gasteiger partial charge in [-0.2, -0.15) is 5.10 Å². The minimum atomic E-state index is -0.242. The van der Waals surface area contributed by atoms with Crippen LogP contribution in [0.1, 0.15) is 29.6 Å². The Bertz CT molecular complexity index is 914. The summed E-state index contributed by atoms with van der Waals surface area (Å²) < 4.78 is 1.64.